The molecule has 0 saturated heterocycles. The summed E-state index contributed by atoms with van der Waals surface area (Å²) in [6.45, 7) is 5.35. The van der Waals surface area contributed by atoms with E-state index in [1.165, 1.54) is 12.1 Å². The number of sulfone groups is 1. The Balaban J connectivity index is 3.31. The molecule has 1 aromatic rings. The third kappa shape index (κ3) is 2.79. The Hall–Kier alpha value is -1.18. The molecule has 0 aliphatic heterocycles. The van der Waals surface area contributed by atoms with Gasteiger partial charge in [-0.05, 0) is 11.0 Å². The molecule has 0 heterocycles. The van der Waals surface area contributed by atoms with Gasteiger partial charge in [0.1, 0.15) is 0 Å². The summed E-state index contributed by atoms with van der Waals surface area (Å²) in [7, 11) is -6.61. The summed E-state index contributed by atoms with van der Waals surface area (Å²) in [5.41, 5.74) is -7.01. The van der Waals surface area contributed by atoms with Crippen LogP contribution in [-0.4, -0.2) is 13.9 Å². The Kier molecular flexibility index (Phi) is 3.95. The van der Waals surface area contributed by atoms with Gasteiger partial charge in [-0.3, -0.25) is 0 Å². The van der Waals surface area contributed by atoms with Gasteiger partial charge in [0.05, 0.1) is 0 Å². The second-order valence-electron chi connectivity index (χ2n) is 5.29. The second kappa shape index (κ2) is 4.68. The van der Waals surface area contributed by atoms with Gasteiger partial charge in [-0.25, -0.2) is 8.42 Å². The molecule has 0 fully saturated rings. The van der Waals surface area contributed by atoms with Crippen LogP contribution >= 0.6 is 0 Å². The van der Waals surface area contributed by atoms with Gasteiger partial charge in [0.25, 0.3) is 0 Å². The third-order valence-electron chi connectivity index (χ3n) is 2.73. The summed E-state index contributed by atoms with van der Waals surface area (Å²) in [5, 5.41) is -5.01. The van der Waals surface area contributed by atoms with Crippen molar-refractivity contribution in [1.29, 1.82) is 0 Å². The molecule has 0 unspecified atom stereocenters. The van der Waals surface area contributed by atoms with E-state index in [1.54, 1.807) is 20.8 Å². The van der Waals surface area contributed by atoms with E-state index >= 15 is 0 Å². The lowest BCUT2D eigenvalue weighted by atomic mass is 9.87. The Morgan fingerprint density at radius 3 is 1.45 bits per heavy atom. The molecule has 8 heteroatoms. The van der Waals surface area contributed by atoms with Crippen LogP contribution in [0.15, 0.2) is 24.3 Å². The van der Waals surface area contributed by atoms with Crippen LogP contribution in [0.25, 0.3) is 0 Å². The summed E-state index contributed by atoms with van der Waals surface area (Å²) in [5.74, 6) is 0. The van der Waals surface area contributed by atoms with E-state index in [9.17, 15) is 30.4 Å². The number of rotatable bonds is 2. The number of hydrogen-bond acceptors (Lipinski definition) is 2. The minimum atomic E-state index is -6.61. The maximum atomic E-state index is 13.6. The SMILES string of the molecule is CC(C)(C)c1ccc(C(F)(F)S(=O)(=O)C(F)(F)F)cc1. The van der Waals surface area contributed by atoms with E-state index in [2.05, 4.69) is 0 Å². The van der Waals surface area contributed by atoms with Crippen LogP contribution in [0.5, 0.6) is 0 Å². The molecule has 0 radical (unpaired) electrons. The quantitative estimate of drug-likeness (QED) is 0.774. The fourth-order valence-corrected chi connectivity index (χ4v) is 2.20. The van der Waals surface area contributed by atoms with Gasteiger partial charge in [0, 0.05) is 5.56 Å². The molecule has 0 aliphatic carbocycles. The average Bonchev–Trinajstić information content (AvgIpc) is 2.26. The van der Waals surface area contributed by atoms with E-state index in [0.717, 1.165) is 0 Å². The van der Waals surface area contributed by atoms with E-state index in [4.69, 9.17) is 0 Å². The lowest BCUT2D eigenvalue weighted by molar-refractivity contribution is -0.0573. The molecule has 1 rings (SSSR count). The first-order chi connectivity index (χ1) is 8.71. The summed E-state index contributed by atoms with van der Waals surface area (Å²) in [6.07, 6.45) is 0. The largest absolute Gasteiger partial charge is 0.503 e. The van der Waals surface area contributed by atoms with Crippen molar-refractivity contribution in [2.75, 3.05) is 0 Å². The van der Waals surface area contributed by atoms with Crippen molar-refractivity contribution in [2.24, 2.45) is 0 Å². The first-order valence-corrected chi connectivity index (χ1v) is 6.99. The molecule has 0 aliphatic rings. The van der Waals surface area contributed by atoms with Crippen molar-refractivity contribution in [2.45, 2.75) is 36.9 Å². The highest BCUT2D eigenvalue weighted by Crippen LogP contribution is 2.43. The van der Waals surface area contributed by atoms with Crippen molar-refractivity contribution in [1.82, 2.24) is 0 Å². The molecule has 0 saturated carbocycles. The summed E-state index contributed by atoms with van der Waals surface area (Å²) < 4.78 is 85.5. The molecule has 0 N–H and O–H groups in total. The number of benzene rings is 1. The third-order valence-corrected chi connectivity index (χ3v) is 4.25. The molecule has 0 atom stereocenters. The first-order valence-electron chi connectivity index (χ1n) is 5.51. The minimum absolute atomic E-state index is 0.392. The summed E-state index contributed by atoms with van der Waals surface area (Å²) in [6, 6.07) is 3.78. The molecule has 0 aromatic heterocycles. The van der Waals surface area contributed by atoms with Crippen LogP contribution in [0.1, 0.15) is 31.9 Å². The zero-order chi connectivity index (χ0) is 16.0. The van der Waals surface area contributed by atoms with Gasteiger partial charge in [-0.15, -0.1) is 0 Å². The number of halogens is 5. The highest BCUT2D eigenvalue weighted by atomic mass is 32.2. The maximum Gasteiger partial charge on any atom is 0.503 e. The molecule has 2 nitrogen and oxygen atoms in total. The molecule has 0 amide bonds. The van der Waals surface area contributed by atoms with E-state index in [1.807, 2.05) is 0 Å². The molecule has 0 bridgehead atoms. The first kappa shape index (κ1) is 16.9. The van der Waals surface area contributed by atoms with E-state index in [0.29, 0.717) is 17.7 Å². The monoisotopic (exact) mass is 316 g/mol. The fraction of sp³-hybridized carbons (Fsp3) is 0.500. The Bertz CT molecular complexity index is 580. The van der Waals surface area contributed by atoms with Crippen molar-refractivity contribution in [3.05, 3.63) is 35.4 Å². The fourth-order valence-electron chi connectivity index (χ4n) is 1.46. The van der Waals surface area contributed by atoms with Crippen molar-refractivity contribution in [3.8, 4) is 0 Å². The Morgan fingerprint density at radius 2 is 1.15 bits per heavy atom. The predicted molar refractivity (Wildman–Crippen MR) is 64.0 cm³/mol. The molecule has 114 valence electrons. The van der Waals surface area contributed by atoms with Crippen LogP contribution in [0, 0.1) is 0 Å². The zero-order valence-electron chi connectivity index (χ0n) is 10.9. The average molecular weight is 316 g/mol. The second-order valence-corrected chi connectivity index (χ2v) is 7.28. The smallest absolute Gasteiger partial charge is 0.213 e. The molecular weight excluding hydrogens is 303 g/mol. The van der Waals surface area contributed by atoms with E-state index in [-0.39, 0.29) is 0 Å². The summed E-state index contributed by atoms with van der Waals surface area (Å²) >= 11 is 0. The van der Waals surface area contributed by atoms with E-state index < -0.39 is 31.6 Å². The Labute approximate surface area is 113 Å². The van der Waals surface area contributed by atoms with Gasteiger partial charge >= 0.3 is 20.6 Å². The number of hydrogen-bond donors (Lipinski definition) is 0. The lowest BCUT2D eigenvalue weighted by Crippen LogP contribution is -2.37. The normalized spacial score (nSPS) is 14.4. The van der Waals surface area contributed by atoms with Crippen LogP contribution in [-0.2, 0) is 20.5 Å². The van der Waals surface area contributed by atoms with Crippen LogP contribution in [0.2, 0.25) is 0 Å². The standard InChI is InChI=1S/C12H13F5O2S/c1-10(2,3)8-4-6-9(7-5-8)11(13,14)20(18,19)12(15,16)17/h4-7H,1-3H3. The highest BCUT2D eigenvalue weighted by molar-refractivity contribution is 7.92. The van der Waals surface area contributed by atoms with Crippen molar-refractivity contribution < 1.29 is 30.4 Å². The van der Waals surface area contributed by atoms with Gasteiger partial charge in [0.2, 0.25) is 0 Å². The van der Waals surface area contributed by atoms with Crippen molar-refractivity contribution >= 4 is 9.84 Å². The maximum absolute atomic E-state index is 13.6. The molecule has 0 spiro atoms. The van der Waals surface area contributed by atoms with Gasteiger partial charge in [-0.2, -0.15) is 22.0 Å². The van der Waals surface area contributed by atoms with Gasteiger partial charge in [0.15, 0.2) is 0 Å². The topological polar surface area (TPSA) is 34.1 Å². The highest BCUT2D eigenvalue weighted by Gasteiger charge is 2.62. The lowest BCUT2D eigenvalue weighted by Gasteiger charge is -2.22. The molecule has 20 heavy (non-hydrogen) atoms. The van der Waals surface area contributed by atoms with Crippen LogP contribution in [0.4, 0.5) is 22.0 Å². The summed E-state index contributed by atoms with van der Waals surface area (Å²) in [4.78, 5) is 0. The minimum Gasteiger partial charge on any atom is -0.213 e. The predicted octanol–water partition coefficient (Wildman–Crippen LogP) is 3.97. The molecule has 1 aromatic carbocycles. The van der Waals surface area contributed by atoms with Gasteiger partial charge in [-0.1, -0.05) is 45.0 Å². The van der Waals surface area contributed by atoms with Gasteiger partial charge < -0.3 is 0 Å². The zero-order valence-corrected chi connectivity index (χ0v) is 11.7. The molecular formula is C12H13F5O2S. The van der Waals surface area contributed by atoms with Crippen LogP contribution in [0.3, 0.4) is 0 Å². The van der Waals surface area contributed by atoms with Crippen molar-refractivity contribution in [3.63, 3.8) is 0 Å². The van der Waals surface area contributed by atoms with Crippen LogP contribution < -0.4 is 0 Å². The Morgan fingerprint density at radius 1 is 0.800 bits per heavy atom. The number of alkyl halides is 5.